The van der Waals surface area contributed by atoms with Crippen LogP contribution in [0.1, 0.15) is 43.3 Å². The Hall–Kier alpha value is -0.830. The van der Waals surface area contributed by atoms with Crippen LogP contribution in [0.25, 0.3) is 0 Å². The highest BCUT2D eigenvalue weighted by Gasteiger charge is 2.22. The van der Waals surface area contributed by atoms with Crippen molar-refractivity contribution in [3.8, 4) is 0 Å². The van der Waals surface area contributed by atoms with Crippen molar-refractivity contribution in [3.63, 3.8) is 0 Å². The monoisotopic (exact) mass is 179 g/mol. The van der Waals surface area contributed by atoms with Crippen LogP contribution in [0.4, 0.5) is 0 Å². The summed E-state index contributed by atoms with van der Waals surface area (Å²) in [6.07, 6.45) is 3.63. The van der Waals surface area contributed by atoms with Gasteiger partial charge in [0.15, 0.2) is 0 Å². The molecule has 0 aromatic carbocycles. The molecule has 0 spiro atoms. The number of hydrogen-bond acceptors (Lipinski definition) is 2. The first-order valence-corrected chi connectivity index (χ1v) is 5.03. The van der Waals surface area contributed by atoms with Crippen molar-refractivity contribution < 1.29 is 0 Å². The van der Waals surface area contributed by atoms with Gasteiger partial charge in [0.25, 0.3) is 0 Å². The maximum absolute atomic E-state index is 5.66. The second-order valence-corrected chi connectivity index (χ2v) is 3.97. The highest BCUT2D eigenvalue weighted by Crippen LogP contribution is 2.27. The molecule has 13 heavy (non-hydrogen) atoms. The lowest BCUT2D eigenvalue weighted by molar-refractivity contribution is 0.505. The number of nitrogens with two attached hydrogens (primary N) is 1. The number of aromatic nitrogens is 2. The van der Waals surface area contributed by atoms with Crippen molar-refractivity contribution in [2.24, 2.45) is 5.73 Å². The molecule has 1 aliphatic rings. The summed E-state index contributed by atoms with van der Waals surface area (Å²) in [6, 6.07) is 0.465. The van der Waals surface area contributed by atoms with E-state index >= 15 is 0 Å². The fourth-order valence-electron chi connectivity index (χ4n) is 2.13. The average Bonchev–Trinajstić information content (AvgIpc) is 2.61. The zero-order valence-electron chi connectivity index (χ0n) is 8.38. The Balaban J connectivity index is 2.48. The van der Waals surface area contributed by atoms with E-state index in [1.165, 1.54) is 30.5 Å². The highest BCUT2D eigenvalue weighted by atomic mass is 15.3. The average molecular weight is 179 g/mol. The van der Waals surface area contributed by atoms with E-state index in [4.69, 9.17) is 5.73 Å². The van der Waals surface area contributed by atoms with Crippen LogP contribution in [0.2, 0.25) is 0 Å². The van der Waals surface area contributed by atoms with E-state index in [9.17, 15) is 0 Å². The zero-order valence-corrected chi connectivity index (χ0v) is 8.38. The number of hydrogen-bond donors (Lipinski definition) is 1. The Bertz CT molecular complexity index is 312. The number of rotatable bonds is 2. The van der Waals surface area contributed by atoms with E-state index < -0.39 is 0 Å². The molecular formula is C10H17N3. The fraction of sp³-hybridized carbons (Fsp3) is 0.700. The third kappa shape index (κ3) is 1.27. The molecule has 0 atom stereocenters. The molecule has 0 bridgehead atoms. The topological polar surface area (TPSA) is 43.8 Å². The molecule has 2 N–H and O–H groups in total. The molecule has 0 fully saturated rings. The van der Waals surface area contributed by atoms with E-state index in [0.717, 1.165) is 5.69 Å². The van der Waals surface area contributed by atoms with Gasteiger partial charge in [0.2, 0.25) is 0 Å². The van der Waals surface area contributed by atoms with Crippen LogP contribution in [-0.2, 0) is 19.4 Å². The first kappa shape index (κ1) is 8.75. The molecule has 3 heteroatoms. The number of nitrogens with zero attached hydrogens (tertiary/aromatic N) is 2. The van der Waals surface area contributed by atoms with Gasteiger partial charge in [-0.2, -0.15) is 5.10 Å². The van der Waals surface area contributed by atoms with Gasteiger partial charge < -0.3 is 5.73 Å². The molecule has 0 unspecified atom stereocenters. The van der Waals surface area contributed by atoms with Crippen LogP contribution in [0.5, 0.6) is 0 Å². The molecule has 0 amide bonds. The van der Waals surface area contributed by atoms with Gasteiger partial charge in [0.1, 0.15) is 0 Å². The van der Waals surface area contributed by atoms with E-state index in [1.54, 1.807) is 0 Å². The fourth-order valence-corrected chi connectivity index (χ4v) is 2.13. The van der Waals surface area contributed by atoms with Gasteiger partial charge in [-0.3, -0.25) is 4.68 Å². The Morgan fingerprint density at radius 3 is 2.85 bits per heavy atom. The Morgan fingerprint density at radius 2 is 2.23 bits per heavy atom. The van der Waals surface area contributed by atoms with Gasteiger partial charge in [-0.05, 0) is 38.7 Å². The van der Waals surface area contributed by atoms with Gasteiger partial charge in [-0.1, -0.05) is 0 Å². The highest BCUT2D eigenvalue weighted by molar-refractivity contribution is 5.30. The molecule has 0 aliphatic heterocycles. The van der Waals surface area contributed by atoms with Crippen LogP contribution in [0.15, 0.2) is 0 Å². The van der Waals surface area contributed by atoms with Crippen LogP contribution in [0.3, 0.4) is 0 Å². The molecule has 3 nitrogen and oxygen atoms in total. The van der Waals surface area contributed by atoms with E-state index in [0.29, 0.717) is 12.6 Å². The molecule has 1 heterocycles. The predicted molar refractivity (Wildman–Crippen MR) is 52.5 cm³/mol. The second kappa shape index (κ2) is 3.14. The molecular weight excluding hydrogens is 162 g/mol. The van der Waals surface area contributed by atoms with Crippen LogP contribution >= 0.6 is 0 Å². The maximum Gasteiger partial charge on any atom is 0.0795 e. The maximum atomic E-state index is 5.66. The van der Waals surface area contributed by atoms with Crippen molar-refractivity contribution in [1.82, 2.24) is 9.78 Å². The first-order chi connectivity index (χ1) is 6.24. The summed E-state index contributed by atoms with van der Waals surface area (Å²) >= 11 is 0. The molecule has 1 aliphatic carbocycles. The van der Waals surface area contributed by atoms with Crippen molar-refractivity contribution in [2.45, 2.75) is 45.7 Å². The van der Waals surface area contributed by atoms with E-state index in [-0.39, 0.29) is 0 Å². The molecule has 1 aromatic rings. The smallest absolute Gasteiger partial charge is 0.0795 e. The minimum absolute atomic E-state index is 0.465. The molecule has 2 rings (SSSR count). The SMILES string of the molecule is CC(C)n1nc(CN)c2c1CCC2. The van der Waals surface area contributed by atoms with E-state index in [1.807, 2.05) is 0 Å². The summed E-state index contributed by atoms with van der Waals surface area (Å²) in [5, 5.41) is 4.54. The minimum atomic E-state index is 0.465. The summed E-state index contributed by atoms with van der Waals surface area (Å²) in [6.45, 7) is 4.93. The van der Waals surface area contributed by atoms with Crippen LogP contribution < -0.4 is 5.73 Å². The summed E-state index contributed by atoms with van der Waals surface area (Å²) in [5.41, 5.74) is 9.63. The van der Waals surface area contributed by atoms with Crippen LogP contribution in [0, 0.1) is 0 Å². The molecule has 0 saturated carbocycles. The number of fused-ring (bicyclic) bond motifs is 1. The Kier molecular flexibility index (Phi) is 2.12. The van der Waals surface area contributed by atoms with Gasteiger partial charge in [-0.25, -0.2) is 0 Å². The lowest BCUT2D eigenvalue weighted by Crippen LogP contribution is -2.07. The second-order valence-electron chi connectivity index (χ2n) is 3.97. The summed E-state index contributed by atoms with van der Waals surface area (Å²) < 4.78 is 2.14. The lowest BCUT2D eigenvalue weighted by atomic mass is 10.2. The molecule has 0 radical (unpaired) electrons. The summed E-state index contributed by atoms with van der Waals surface area (Å²) in [4.78, 5) is 0. The Labute approximate surface area is 78.9 Å². The van der Waals surface area contributed by atoms with Crippen molar-refractivity contribution >= 4 is 0 Å². The van der Waals surface area contributed by atoms with Gasteiger partial charge in [-0.15, -0.1) is 0 Å². The largest absolute Gasteiger partial charge is 0.325 e. The van der Waals surface area contributed by atoms with Gasteiger partial charge in [0.05, 0.1) is 5.69 Å². The zero-order chi connectivity index (χ0) is 9.42. The standard InChI is InChI=1S/C10H17N3/c1-7(2)13-10-5-3-4-8(10)9(6-11)12-13/h7H,3-6,11H2,1-2H3. The summed E-state index contributed by atoms with van der Waals surface area (Å²) in [7, 11) is 0. The van der Waals surface area contributed by atoms with Gasteiger partial charge in [0, 0.05) is 18.3 Å². The van der Waals surface area contributed by atoms with Crippen LogP contribution in [-0.4, -0.2) is 9.78 Å². The molecule has 72 valence electrons. The summed E-state index contributed by atoms with van der Waals surface area (Å²) in [5.74, 6) is 0. The van der Waals surface area contributed by atoms with Crippen molar-refractivity contribution in [1.29, 1.82) is 0 Å². The van der Waals surface area contributed by atoms with Gasteiger partial charge >= 0.3 is 0 Å². The lowest BCUT2D eigenvalue weighted by Gasteiger charge is -2.08. The Morgan fingerprint density at radius 1 is 1.46 bits per heavy atom. The predicted octanol–water partition coefficient (Wildman–Crippen LogP) is 1.41. The quantitative estimate of drug-likeness (QED) is 0.746. The first-order valence-electron chi connectivity index (χ1n) is 5.03. The van der Waals surface area contributed by atoms with E-state index in [2.05, 4.69) is 23.6 Å². The van der Waals surface area contributed by atoms with Crippen molar-refractivity contribution in [2.75, 3.05) is 0 Å². The van der Waals surface area contributed by atoms with Crippen molar-refractivity contribution in [3.05, 3.63) is 17.0 Å². The normalized spacial score (nSPS) is 15.4. The third-order valence-electron chi connectivity index (χ3n) is 2.72. The minimum Gasteiger partial charge on any atom is -0.325 e. The molecule has 1 aromatic heterocycles. The molecule has 0 saturated heterocycles. The third-order valence-corrected chi connectivity index (χ3v) is 2.72.